The molecule has 0 bridgehead atoms. The fourth-order valence-electron chi connectivity index (χ4n) is 2.08. The van der Waals surface area contributed by atoms with E-state index in [1.165, 1.54) is 39.0 Å². The highest BCUT2D eigenvalue weighted by Crippen LogP contribution is 2.16. The van der Waals surface area contributed by atoms with Gasteiger partial charge in [-0.25, -0.2) is 0 Å². The highest BCUT2D eigenvalue weighted by molar-refractivity contribution is 4.72. The van der Waals surface area contributed by atoms with Crippen molar-refractivity contribution in [2.24, 2.45) is 5.92 Å². The Morgan fingerprint density at radius 2 is 2.00 bits per heavy atom. The Labute approximate surface area is 94.4 Å². The van der Waals surface area contributed by atoms with Crippen LogP contribution in [-0.2, 0) is 4.74 Å². The van der Waals surface area contributed by atoms with Crippen molar-refractivity contribution < 1.29 is 4.74 Å². The SMILES string of the molecule is CCN(C)CCN1CCC(COC)CC1. The zero-order valence-corrected chi connectivity index (χ0v) is 10.5. The summed E-state index contributed by atoms with van der Waals surface area (Å²) in [6.07, 6.45) is 2.62. The maximum atomic E-state index is 5.21. The molecule has 3 nitrogen and oxygen atoms in total. The van der Waals surface area contributed by atoms with E-state index in [0.29, 0.717) is 0 Å². The van der Waals surface area contributed by atoms with Gasteiger partial charge in [-0.05, 0) is 45.4 Å². The Kier molecular flexibility index (Phi) is 6.22. The van der Waals surface area contributed by atoms with Crippen LogP contribution in [0.1, 0.15) is 19.8 Å². The molecule has 0 spiro atoms. The van der Waals surface area contributed by atoms with E-state index in [1.54, 1.807) is 0 Å². The molecule has 0 aliphatic carbocycles. The zero-order chi connectivity index (χ0) is 11.1. The number of piperidine rings is 1. The van der Waals surface area contributed by atoms with Crippen molar-refractivity contribution in [3.05, 3.63) is 0 Å². The molecule has 15 heavy (non-hydrogen) atoms. The smallest absolute Gasteiger partial charge is 0.0491 e. The molecule has 0 radical (unpaired) electrons. The largest absolute Gasteiger partial charge is 0.384 e. The minimum atomic E-state index is 0.801. The third-order valence-corrected chi connectivity index (χ3v) is 3.45. The minimum Gasteiger partial charge on any atom is -0.384 e. The lowest BCUT2D eigenvalue weighted by atomic mass is 9.98. The lowest BCUT2D eigenvalue weighted by Gasteiger charge is -2.32. The van der Waals surface area contributed by atoms with Crippen LogP contribution in [0.5, 0.6) is 0 Å². The van der Waals surface area contributed by atoms with Gasteiger partial charge in [-0.2, -0.15) is 0 Å². The van der Waals surface area contributed by atoms with Crippen molar-refractivity contribution in [2.45, 2.75) is 19.8 Å². The Bertz CT molecular complexity index is 156. The molecule has 0 saturated carbocycles. The molecule has 0 atom stereocenters. The first-order valence-electron chi connectivity index (χ1n) is 6.16. The third-order valence-electron chi connectivity index (χ3n) is 3.45. The van der Waals surface area contributed by atoms with Crippen LogP contribution in [0.3, 0.4) is 0 Å². The highest BCUT2D eigenvalue weighted by atomic mass is 16.5. The summed E-state index contributed by atoms with van der Waals surface area (Å²) in [4.78, 5) is 4.96. The monoisotopic (exact) mass is 214 g/mol. The van der Waals surface area contributed by atoms with E-state index >= 15 is 0 Å². The lowest BCUT2D eigenvalue weighted by molar-refractivity contribution is 0.0957. The van der Waals surface area contributed by atoms with Gasteiger partial charge in [-0.15, -0.1) is 0 Å². The van der Waals surface area contributed by atoms with Gasteiger partial charge in [0.15, 0.2) is 0 Å². The molecule has 1 aliphatic heterocycles. The summed E-state index contributed by atoms with van der Waals surface area (Å²) in [5, 5.41) is 0. The second kappa shape index (κ2) is 7.20. The topological polar surface area (TPSA) is 15.7 Å². The molecular formula is C12H26N2O. The van der Waals surface area contributed by atoms with Crippen molar-refractivity contribution in [3.63, 3.8) is 0 Å². The fourth-order valence-corrected chi connectivity index (χ4v) is 2.08. The Balaban J connectivity index is 2.09. The van der Waals surface area contributed by atoms with Crippen molar-refractivity contribution >= 4 is 0 Å². The van der Waals surface area contributed by atoms with Crippen molar-refractivity contribution in [1.82, 2.24) is 9.80 Å². The molecule has 0 aromatic carbocycles. The number of nitrogens with zero attached hydrogens (tertiary/aromatic N) is 2. The van der Waals surface area contributed by atoms with Crippen LogP contribution < -0.4 is 0 Å². The first kappa shape index (κ1) is 12.9. The summed E-state index contributed by atoms with van der Waals surface area (Å²) >= 11 is 0. The van der Waals surface area contributed by atoms with Gasteiger partial charge in [-0.3, -0.25) is 0 Å². The Hall–Kier alpha value is -0.120. The van der Waals surface area contributed by atoms with Gasteiger partial charge in [0.25, 0.3) is 0 Å². The summed E-state index contributed by atoms with van der Waals surface area (Å²) < 4.78 is 5.21. The van der Waals surface area contributed by atoms with Gasteiger partial charge in [0.05, 0.1) is 0 Å². The van der Waals surface area contributed by atoms with Crippen molar-refractivity contribution in [1.29, 1.82) is 0 Å². The molecule has 1 heterocycles. The number of hydrogen-bond acceptors (Lipinski definition) is 3. The number of likely N-dealkylation sites (N-methyl/N-ethyl adjacent to an activating group) is 1. The third kappa shape index (κ3) is 4.96. The van der Waals surface area contributed by atoms with Gasteiger partial charge in [-0.1, -0.05) is 6.92 Å². The van der Waals surface area contributed by atoms with Crippen LogP contribution >= 0.6 is 0 Å². The average molecular weight is 214 g/mol. The molecule has 1 fully saturated rings. The molecule has 0 amide bonds. The summed E-state index contributed by atoms with van der Waals surface area (Å²) in [6.45, 7) is 9.25. The first-order chi connectivity index (χ1) is 7.26. The highest BCUT2D eigenvalue weighted by Gasteiger charge is 2.18. The molecule has 1 rings (SSSR count). The molecule has 0 N–H and O–H groups in total. The number of likely N-dealkylation sites (tertiary alicyclic amines) is 1. The van der Waals surface area contributed by atoms with E-state index in [2.05, 4.69) is 23.8 Å². The Morgan fingerprint density at radius 3 is 2.53 bits per heavy atom. The molecule has 1 saturated heterocycles. The molecular weight excluding hydrogens is 188 g/mol. The molecule has 90 valence electrons. The summed E-state index contributed by atoms with van der Waals surface area (Å²) in [6, 6.07) is 0. The lowest BCUT2D eigenvalue weighted by Crippen LogP contribution is -2.39. The zero-order valence-electron chi connectivity index (χ0n) is 10.5. The van der Waals surface area contributed by atoms with Gasteiger partial charge in [0.2, 0.25) is 0 Å². The van der Waals surface area contributed by atoms with Crippen LogP contribution in [0.15, 0.2) is 0 Å². The second-order valence-electron chi connectivity index (χ2n) is 4.64. The van der Waals surface area contributed by atoms with Crippen LogP contribution in [0.25, 0.3) is 0 Å². The number of methoxy groups -OCH3 is 1. The van der Waals surface area contributed by atoms with Gasteiger partial charge >= 0.3 is 0 Å². The van der Waals surface area contributed by atoms with Crippen molar-refractivity contribution in [3.8, 4) is 0 Å². The van der Waals surface area contributed by atoms with Gasteiger partial charge < -0.3 is 14.5 Å². The second-order valence-corrected chi connectivity index (χ2v) is 4.64. The molecule has 3 heteroatoms. The number of rotatable bonds is 6. The fraction of sp³-hybridized carbons (Fsp3) is 1.00. The summed E-state index contributed by atoms with van der Waals surface area (Å²) in [5.41, 5.74) is 0. The number of hydrogen-bond donors (Lipinski definition) is 0. The number of ether oxygens (including phenoxy) is 1. The normalized spacial score (nSPS) is 20.0. The quantitative estimate of drug-likeness (QED) is 0.663. The van der Waals surface area contributed by atoms with Crippen LogP contribution in [0.4, 0.5) is 0 Å². The molecule has 0 unspecified atom stereocenters. The molecule has 1 aliphatic rings. The summed E-state index contributed by atoms with van der Waals surface area (Å²) in [5.74, 6) is 0.801. The van der Waals surface area contributed by atoms with Crippen LogP contribution in [0, 0.1) is 5.92 Å². The van der Waals surface area contributed by atoms with Crippen molar-refractivity contribution in [2.75, 3.05) is 53.5 Å². The van der Waals surface area contributed by atoms with Gasteiger partial charge in [0.1, 0.15) is 0 Å². The van der Waals surface area contributed by atoms with E-state index in [-0.39, 0.29) is 0 Å². The van der Waals surface area contributed by atoms with E-state index in [4.69, 9.17) is 4.74 Å². The molecule has 0 aromatic rings. The van der Waals surface area contributed by atoms with Crippen LogP contribution in [0.2, 0.25) is 0 Å². The van der Waals surface area contributed by atoms with Gasteiger partial charge in [0, 0.05) is 26.8 Å². The minimum absolute atomic E-state index is 0.801. The average Bonchev–Trinajstić information content (AvgIpc) is 2.28. The van der Waals surface area contributed by atoms with E-state index in [1.807, 2.05) is 7.11 Å². The van der Waals surface area contributed by atoms with E-state index < -0.39 is 0 Å². The van der Waals surface area contributed by atoms with Crippen LogP contribution in [-0.4, -0.2) is 63.3 Å². The molecule has 0 aromatic heterocycles. The van der Waals surface area contributed by atoms with E-state index in [9.17, 15) is 0 Å². The maximum Gasteiger partial charge on any atom is 0.0491 e. The van der Waals surface area contributed by atoms with E-state index in [0.717, 1.165) is 19.1 Å². The summed E-state index contributed by atoms with van der Waals surface area (Å²) in [7, 11) is 4.00. The predicted molar refractivity (Wildman–Crippen MR) is 64.2 cm³/mol. The predicted octanol–water partition coefficient (Wildman–Crippen LogP) is 1.30. The first-order valence-corrected chi connectivity index (χ1v) is 6.16. The Morgan fingerprint density at radius 1 is 1.33 bits per heavy atom. The maximum absolute atomic E-state index is 5.21. The standard InChI is InChI=1S/C12H26N2O/c1-4-13(2)9-10-14-7-5-12(6-8-14)11-15-3/h12H,4-11H2,1-3H3.